The molecule has 2 aromatic carbocycles. The molecule has 0 bridgehead atoms. The normalized spacial score (nSPS) is 25.2. The van der Waals surface area contributed by atoms with Gasteiger partial charge in [-0.1, -0.05) is 49.4 Å². The zero-order valence-corrected chi connectivity index (χ0v) is 25.5. The van der Waals surface area contributed by atoms with Crippen molar-refractivity contribution in [2.75, 3.05) is 17.2 Å². The van der Waals surface area contributed by atoms with Gasteiger partial charge in [0, 0.05) is 25.2 Å². The first-order chi connectivity index (χ1) is 22.0. The molecule has 0 aliphatic heterocycles. The van der Waals surface area contributed by atoms with Crippen LogP contribution in [0.5, 0.6) is 0 Å². The predicted molar refractivity (Wildman–Crippen MR) is 168 cm³/mol. The number of hydrogen-bond acceptors (Lipinski definition) is 9. The molecule has 2 saturated carbocycles. The second-order valence-corrected chi connectivity index (χ2v) is 12.3. The number of aromatic nitrogens is 4. The molecule has 2 aliphatic carbocycles. The number of halogens is 3. The second-order valence-electron chi connectivity index (χ2n) is 12.3. The van der Waals surface area contributed by atoms with E-state index in [1.165, 1.54) is 6.33 Å². The number of amides is 1. The van der Waals surface area contributed by atoms with Gasteiger partial charge in [0.15, 0.2) is 17.0 Å². The van der Waals surface area contributed by atoms with Crippen LogP contribution in [0.3, 0.4) is 0 Å². The highest BCUT2D eigenvalue weighted by Gasteiger charge is 2.51. The van der Waals surface area contributed by atoms with Crippen LogP contribution >= 0.6 is 0 Å². The van der Waals surface area contributed by atoms with E-state index in [2.05, 4.69) is 15.6 Å². The highest BCUT2D eigenvalue weighted by Crippen LogP contribution is 2.38. The van der Waals surface area contributed by atoms with Crippen LogP contribution in [0, 0.1) is 0 Å². The van der Waals surface area contributed by atoms with Crippen LogP contribution in [0.2, 0.25) is 0 Å². The van der Waals surface area contributed by atoms with Gasteiger partial charge in [0.05, 0.1) is 18.4 Å². The zero-order chi connectivity index (χ0) is 32.6. The first-order valence-corrected chi connectivity index (χ1v) is 15.8. The number of aliphatic hydroxyl groups excluding tert-OH is 2. The Morgan fingerprint density at radius 3 is 2.54 bits per heavy atom. The van der Waals surface area contributed by atoms with Crippen LogP contribution in [-0.4, -0.2) is 83.6 Å². The fourth-order valence-corrected chi connectivity index (χ4v) is 6.81. The Morgan fingerprint density at radius 2 is 1.80 bits per heavy atom. The average molecular weight is 641 g/mol. The number of alkyl halides is 3. The first-order valence-electron chi connectivity index (χ1n) is 15.8. The fraction of sp³-hybridized carbons (Fsp3) is 0.500. The third-order valence-electron chi connectivity index (χ3n) is 9.20. The molecular formula is C32H39F3N8O3. The van der Waals surface area contributed by atoms with E-state index in [0.717, 1.165) is 42.0 Å². The van der Waals surface area contributed by atoms with E-state index in [1.54, 1.807) is 11.5 Å². The molecule has 0 unspecified atom stereocenters. The minimum Gasteiger partial charge on any atom is -0.388 e. The Balaban J connectivity index is 1.34. The van der Waals surface area contributed by atoms with E-state index >= 15 is 0 Å². The van der Waals surface area contributed by atoms with Gasteiger partial charge < -0.3 is 36.0 Å². The Hall–Kier alpha value is -4.01. The minimum atomic E-state index is -5.11. The Kier molecular flexibility index (Phi) is 9.03. The summed E-state index contributed by atoms with van der Waals surface area (Å²) in [5.41, 5.74) is 7.89. The van der Waals surface area contributed by atoms with Crippen LogP contribution in [0.1, 0.15) is 57.1 Å². The van der Waals surface area contributed by atoms with Gasteiger partial charge in [-0.15, -0.1) is 0 Å². The lowest BCUT2D eigenvalue weighted by Crippen LogP contribution is -2.51. The number of imidazole rings is 1. The lowest BCUT2D eigenvalue weighted by molar-refractivity contribution is -0.190. The number of nitrogens with one attached hydrogen (secondary N) is 2. The molecule has 0 spiro atoms. The third-order valence-corrected chi connectivity index (χ3v) is 9.20. The van der Waals surface area contributed by atoms with Crippen molar-refractivity contribution in [3.05, 3.63) is 54.4 Å². The van der Waals surface area contributed by atoms with Crippen molar-refractivity contribution in [1.29, 1.82) is 0 Å². The summed E-state index contributed by atoms with van der Waals surface area (Å²) < 4.78 is 42.0. The number of hydrogen-bond donors (Lipinski definition) is 5. The van der Waals surface area contributed by atoms with Gasteiger partial charge in [-0.05, 0) is 54.9 Å². The van der Waals surface area contributed by atoms with Crippen LogP contribution in [0.15, 0.2) is 48.8 Å². The first kappa shape index (κ1) is 32.0. The summed E-state index contributed by atoms with van der Waals surface area (Å²) in [6.45, 7) is 1.86. The Morgan fingerprint density at radius 1 is 1.07 bits per heavy atom. The predicted octanol–water partition coefficient (Wildman–Crippen LogP) is 4.11. The molecule has 0 saturated heterocycles. The summed E-state index contributed by atoms with van der Waals surface area (Å²) in [7, 11) is 0. The highest BCUT2D eigenvalue weighted by atomic mass is 19.4. The molecule has 4 atom stereocenters. The van der Waals surface area contributed by atoms with Crippen molar-refractivity contribution in [2.24, 2.45) is 5.73 Å². The number of benzene rings is 2. The van der Waals surface area contributed by atoms with Gasteiger partial charge in [0.25, 0.3) is 0 Å². The summed E-state index contributed by atoms with van der Waals surface area (Å²) in [4.78, 5) is 27.0. The van der Waals surface area contributed by atoms with E-state index in [4.69, 9.17) is 15.7 Å². The molecular weight excluding hydrogens is 601 g/mol. The summed E-state index contributed by atoms with van der Waals surface area (Å²) in [5, 5.41) is 31.1. The molecule has 2 aliphatic rings. The molecule has 1 amide bonds. The summed E-state index contributed by atoms with van der Waals surface area (Å²) in [5.74, 6) is -1.27. The lowest BCUT2D eigenvalue weighted by Gasteiger charge is -2.31. The Labute approximate surface area is 264 Å². The maximum atomic E-state index is 13.5. The molecule has 246 valence electrons. The number of carbonyl (C=O) groups excluding carboxylic acids is 1. The van der Waals surface area contributed by atoms with Crippen molar-refractivity contribution in [1.82, 2.24) is 24.4 Å². The number of carbonyl (C=O) groups is 1. The molecule has 4 aromatic rings. The van der Waals surface area contributed by atoms with Crippen molar-refractivity contribution in [3.8, 4) is 0 Å². The maximum absolute atomic E-state index is 13.5. The zero-order valence-electron chi connectivity index (χ0n) is 25.5. The number of nitrogens with two attached hydrogens (primary N) is 1. The highest BCUT2D eigenvalue weighted by molar-refractivity contribution is 5.87. The molecule has 2 heterocycles. The van der Waals surface area contributed by atoms with E-state index in [1.807, 2.05) is 42.5 Å². The fourth-order valence-electron chi connectivity index (χ4n) is 6.81. The number of fused-ring (bicyclic) bond motifs is 2. The van der Waals surface area contributed by atoms with Gasteiger partial charge in [0.1, 0.15) is 12.2 Å². The molecule has 0 radical (unpaired) electrons. The van der Waals surface area contributed by atoms with Crippen LogP contribution < -0.4 is 16.4 Å². The van der Waals surface area contributed by atoms with E-state index < -0.39 is 36.4 Å². The third kappa shape index (κ3) is 6.33. The van der Waals surface area contributed by atoms with Crippen LogP contribution in [-0.2, 0) is 11.3 Å². The topological polar surface area (TPSA) is 154 Å². The van der Waals surface area contributed by atoms with E-state index in [-0.39, 0.29) is 31.5 Å². The average Bonchev–Trinajstić information content (AvgIpc) is 3.59. The summed E-state index contributed by atoms with van der Waals surface area (Å²) >= 11 is 0. The van der Waals surface area contributed by atoms with Crippen LogP contribution in [0.4, 0.5) is 24.9 Å². The quantitative estimate of drug-likeness (QED) is 0.182. The van der Waals surface area contributed by atoms with Gasteiger partial charge in [-0.2, -0.15) is 23.1 Å². The lowest BCUT2D eigenvalue weighted by atomic mass is 9.92. The molecule has 2 aromatic heterocycles. The van der Waals surface area contributed by atoms with Crippen molar-refractivity contribution < 1.29 is 28.2 Å². The molecule has 46 heavy (non-hydrogen) atoms. The van der Waals surface area contributed by atoms with Gasteiger partial charge in [-0.3, -0.25) is 4.79 Å². The van der Waals surface area contributed by atoms with Gasteiger partial charge in [0.2, 0.25) is 5.95 Å². The number of rotatable bonds is 9. The van der Waals surface area contributed by atoms with Gasteiger partial charge >= 0.3 is 12.1 Å². The second kappa shape index (κ2) is 13.0. The van der Waals surface area contributed by atoms with Crippen molar-refractivity contribution in [3.63, 3.8) is 0 Å². The number of aliphatic hydroxyl groups is 2. The molecule has 6 rings (SSSR count). The molecule has 2 fully saturated rings. The Bertz CT molecular complexity index is 1690. The van der Waals surface area contributed by atoms with Crippen LogP contribution in [0.25, 0.3) is 21.9 Å². The largest absolute Gasteiger partial charge is 0.471 e. The molecule has 14 heteroatoms. The van der Waals surface area contributed by atoms with Crippen molar-refractivity contribution >= 4 is 39.6 Å². The SMILES string of the molecule is CCCN(C(=O)C(F)(F)F)[C@H]1C[C@@H](n2cnc3c(NCc4cccc5ccccc45)nc(NC4CCC(N)CC4)nc32)[C@H](O)[C@@H]1O. The monoisotopic (exact) mass is 640 g/mol. The smallest absolute Gasteiger partial charge is 0.388 e. The molecule has 6 N–H and O–H groups in total. The van der Waals surface area contributed by atoms with E-state index in [9.17, 15) is 28.2 Å². The standard InChI is InChI=1S/C32H39F3N8O3/c1-2-14-42(30(46)32(33,34)35)23-15-24(27(45)26(23)44)43-17-38-25-28(37-16-19-8-5-7-18-6-3-4-9-22(18)19)40-31(41-29(25)43)39-21-12-10-20(36)11-13-21/h3-9,17,20-21,23-24,26-27,44-45H,2,10-16,36H2,1H3,(H2,37,39,40,41)/t20?,21?,23-,24+,26+,27-/m0/s1. The maximum Gasteiger partial charge on any atom is 0.471 e. The molecule has 11 nitrogen and oxygen atoms in total. The summed E-state index contributed by atoms with van der Waals surface area (Å²) in [6, 6.07) is 12.2. The van der Waals surface area contributed by atoms with Gasteiger partial charge in [-0.25, -0.2) is 4.98 Å². The summed E-state index contributed by atoms with van der Waals surface area (Å²) in [6.07, 6.45) is -3.19. The number of anilines is 2. The minimum absolute atomic E-state index is 0.0961. The van der Waals surface area contributed by atoms with Crippen molar-refractivity contribution in [2.45, 2.75) is 94.5 Å². The number of nitrogens with zero attached hydrogens (tertiary/aromatic N) is 5. The van der Waals surface area contributed by atoms with E-state index in [0.29, 0.717) is 34.4 Å².